The molecule has 0 aromatic carbocycles. The fraction of sp³-hybridized carbons (Fsp3) is 0.250. The van der Waals surface area contributed by atoms with Crippen LogP contribution in [0.1, 0.15) is 17.5 Å². The molecule has 3 aromatic rings. The van der Waals surface area contributed by atoms with Crippen molar-refractivity contribution in [1.29, 1.82) is 0 Å². The van der Waals surface area contributed by atoms with Crippen molar-refractivity contribution in [1.82, 2.24) is 19.6 Å². The molecule has 0 saturated carbocycles. The van der Waals surface area contributed by atoms with Crippen molar-refractivity contribution in [2.24, 2.45) is 0 Å². The van der Waals surface area contributed by atoms with E-state index >= 15 is 0 Å². The van der Waals surface area contributed by atoms with Crippen LogP contribution in [0.4, 0.5) is 5.82 Å². The van der Waals surface area contributed by atoms with Crippen molar-refractivity contribution in [3.63, 3.8) is 0 Å². The van der Waals surface area contributed by atoms with Gasteiger partial charge in [0.25, 0.3) is 0 Å². The molecule has 3 rings (SSSR count). The van der Waals surface area contributed by atoms with Gasteiger partial charge in [-0.15, -0.1) is 0 Å². The predicted molar refractivity (Wildman–Crippen MR) is 76.1 cm³/mol. The van der Waals surface area contributed by atoms with E-state index in [1.807, 2.05) is 16.8 Å². The number of fused-ring (bicyclic) bond motifs is 1. The molecule has 0 amide bonds. The van der Waals surface area contributed by atoms with E-state index in [1.165, 1.54) is 4.40 Å². The van der Waals surface area contributed by atoms with Gasteiger partial charge in [-0.3, -0.25) is 0 Å². The summed E-state index contributed by atoms with van der Waals surface area (Å²) in [6, 6.07) is 3.54. The maximum absolute atomic E-state index is 11.5. The van der Waals surface area contributed by atoms with E-state index in [2.05, 4.69) is 20.5 Å². The highest BCUT2D eigenvalue weighted by Crippen LogP contribution is 2.17. The molecule has 0 saturated heterocycles. The third-order valence-corrected chi connectivity index (χ3v) is 3.68. The van der Waals surface area contributed by atoms with Crippen molar-refractivity contribution < 1.29 is 5.11 Å². The molecule has 0 bridgehead atoms. The summed E-state index contributed by atoms with van der Waals surface area (Å²) >= 11 is 1.54. The first kappa shape index (κ1) is 12.8. The first-order chi connectivity index (χ1) is 9.65. The number of hydrogen-bond donors (Lipinski definition) is 3. The summed E-state index contributed by atoms with van der Waals surface area (Å²) in [6.45, 7) is 2.07. The van der Waals surface area contributed by atoms with Crippen LogP contribution in [0.3, 0.4) is 0 Å². The predicted octanol–water partition coefficient (Wildman–Crippen LogP) is 0.933. The largest absolute Gasteiger partial charge is 0.387 e. The highest BCUT2D eigenvalue weighted by molar-refractivity contribution is 7.07. The third-order valence-electron chi connectivity index (χ3n) is 2.97. The molecule has 1 unspecified atom stereocenters. The lowest BCUT2D eigenvalue weighted by Gasteiger charge is -2.11. The smallest absolute Gasteiger partial charge is 0.349 e. The standard InChI is InChI=1S/C12H13N5O2S/c1-7-14-10(4-11-15-16-12(19)17(7)11)13-5-9(18)8-2-3-20-6-8/h2-4,6,9,13,18H,5H2,1H3,(H,16,19). The van der Waals surface area contributed by atoms with Crippen molar-refractivity contribution in [3.05, 3.63) is 44.8 Å². The highest BCUT2D eigenvalue weighted by atomic mass is 32.1. The highest BCUT2D eigenvalue weighted by Gasteiger charge is 2.10. The van der Waals surface area contributed by atoms with E-state index in [0.29, 0.717) is 23.8 Å². The number of nitrogens with zero attached hydrogens (tertiary/aromatic N) is 3. The summed E-state index contributed by atoms with van der Waals surface area (Å²) in [7, 11) is 0. The Hall–Kier alpha value is -2.19. The van der Waals surface area contributed by atoms with Gasteiger partial charge in [-0.2, -0.15) is 16.4 Å². The molecule has 1 atom stereocenters. The average molecular weight is 291 g/mol. The van der Waals surface area contributed by atoms with Gasteiger partial charge in [0.05, 0.1) is 6.10 Å². The molecule has 104 valence electrons. The zero-order chi connectivity index (χ0) is 14.1. The number of rotatable bonds is 4. The van der Waals surface area contributed by atoms with Gasteiger partial charge in [0.2, 0.25) is 0 Å². The summed E-state index contributed by atoms with van der Waals surface area (Å²) in [4.78, 5) is 15.7. The molecule has 0 aliphatic heterocycles. The van der Waals surface area contributed by atoms with Crippen LogP contribution in [0.2, 0.25) is 0 Å². The van der Waals surface area contributed by atoms with Gasteiger partial charge in [-0.05, 0) is 29.3 Å². The number of nitrogens with one attached hydrogen (secondary N) is 2. The second-order valence-electron chi connectivity index (χ2n) is 4.36. The van der Waals surface area contributed by atoms with Crippen LogP contribution < -0.4 is 11.0 Å². The van der Waals surface area contributed by atoms with E-state index in [9.17, 15) is 9.90 Å². The number of hydrogen-bond acceptors (Lipinski definition) is 6. The zero-order valence-electron chi connectivity index (χ0n) is 10.7. The summed E-state index contributed by atoms with van der Waals surface area (Å²) in [6.07, 6.45) is -0.596. The number of aliphatic hydroxyl groups is 1. The van der Waals surface area contributed by atoms with Crippen LogP contribution in [0.15, 0.2) is 27.7 Å². The molecular weight excluding hydrogens is 278 g/mol. The van der Waals surface area contributed by atoms with E-state index in [4.69, 9.17) is 0 Å². The molecule has 3 heterocycles. The summed E-state index contributed by atoms with van der Waals surface area (Å²) in [5.41, 5.74) is 1.06. The maximum atomic E-state index is 11.5. The number of aromatic amines is 1. The van der Waals surface area contributed by atoms with Crippen LogP contribution in [-0.4, -0.2) is 31.2 Å². The molecule has 0 radical (unpaired) electrons. The normalized spacial score (nSPS) is 12.7. The average Bonchev–Trinajstić information content (AvgIpc) is 3.06. The Kier molecular flexibility index (Phi) is 3.25. The molecule has 3 aromatic heterocycles. The molecule has 0 spiro atoms. The minimum atomic E-state index is -0.596. The lowest BCUT2D eigenvalue weighted by molar-refractivity contribution is 0.192. The van der Waals surface area contributed by atoms with E-state index in [-0.39, 0.29) is 5.69 Å². The Morgan fingerprint density at radius 3 is 3.20 bits per heavy atom. The summed E-state index contributed by atoms with van der Waals surface area (Å²) < 4.78 is 1.39. The van der Waals surface area contributed by atoms with Gasteiger partial charge in [0.15, 0.2) is 5.65 Å². The van der Waals surface area contributed by atoms with Crippen LogP contribution in [-0.2, 0) is 0 Å². The molecule has 8 heteroatoms. The van der Waals surface area contributed by atoms with Gasteiger partial charge in [0.1, 0.15) is 11.6 Å². The number of aryl methyl sites for hydroxylation is 1. The Morgan fingerprint density at radius 2 is 2.45 bits per heavy atom. The van der Waals surface area contributed by atoms with Crippen molar-refractivity contribution in [2.75, 3.05) is 11.9 Å². The number of aromatic nitrogens is 4. The minimum absolute atomic E-state index is 0.310. The number of aliphatic hydroxyl groups excluding tert-OH is 1. The second kappa shape index (κ2) is 5.06. The zero-order valence-corrected chi connectivity index (χ0v) is 11.5. The van der Waals surface area contributed by atoms with E-state index in [0.717, 1.165) is 5.56 Å². The summed E-state index contributed by atoms with van der Waals surface area (Å²) in [5.74, 6) is 1.11. The SMILES string of the molecule is Cc1nc(NCC(O)c2ccsc2)cc2n[nH]c(=O)n12. The minimum Gasteiger partial charge on any atom is -0.387 e. The molecule has 0 aliphatic carbocycles. The van der Waals surface area contributed by atoms with Crippen LogP contribution >= 0.6 is 11.3 Å². The fourth-order valence-electron chi connectivity index (χ4n) is 1.97. The van der Waals surface area contributed by atoms with Crippen molar-refractivity contribution in [3.8, 4) is 0 Å². The number of anilines is 1. The fourth-order valence-corrected chi connectivity index (χ4v) is 2.68. The lowest BCUT2D eigenvalue weighted by atomic mass is 10.2. The summed E-state index contributed by atoms with van der Waals surface area (Å²) in [5, 5.41) is 23.1. The van der Waals surface area contributed by atoms with Crippen LogP contribution in [0.5, 0.6) is 0 Å². The lowest BCUT2D eigenvalue weighted by Crippen LogP contribution is -2.16. The maximum Gasteiger partial charge on any atom is 0.349 e. The molecular formula is C12H13N5O2S. The Balaban J connectivity index is 1.79. The quantitative estimate of drug-likeness (QED) is 0.664. The van der Waals surface area contributed by atoms with Gasteiger partial charge < -0.3 is 10.4 Å². The Labute approximate surface area is 117 Å². The van der Waals surface area contributed by atoms with E-state index < -0.39 is 6.10 Å². The molecule has 0 aliphatic rings. The Morgan fingerprint density at radius 1 is 1.60 bits per heavy atom. The molecule has 7 nitrogen and oxygen atoms in total. The van der Waals surface area contributed by atoms with Crippen LogP contribution in [0, 0.1) is 6.92 Å². The van der Waals surface area contributed by atoms with Gasteiger partial charge in [-0.1, -0.05) is 0 Å². The van der Waals surface area contributed by atoms with Crippen molar-refractivity contribution in [2.45, 2.75) is 13.0 Å². The van der Waals surface area contributed by atoms with E-state index in [1.54, 1.807) is 24.3 Å². The van der Waals surface area contributed by atoms with Gasteiger partial charge >= 0.3 is 5.69 Å². The van der Waals surface area contributed by atoms with Crippen LogP contribution in [0.25, 0.3) is 5.65 Å². The van der Waals surface area contributed by atoms with Gasteiger partial charge in [-0.25, -0.2) is 19.3 Å². The molecule has 3 N–H and O–H groups in total. The Bertz CT molecular complexity index is 777. The van der Waals surface area contributed by atoms with Crippen molar-refractivity contribution >= 4 is 22.8 Å². The first-order valence-electron chi connectivity index (χ1n) is 6.04. The topological polar surface area (TPSA) is 95.3 Å². The molecule has 20 heavy (non-hydrogen) atoms. The van der Waals surface area contributed by atoms with Gasteiger partial charge in [0, 0.05) is 12.6 Å². The third kappa shape index (κ3) is 2.30. The number of H-pyrrole nitrogens is 1. The second-order valence-corrected chi connectivity index (χ2v) is 5.14. The monoisotopic (exact) mass is 291 g/mol. The first-order valence-corrected chi connectivity index (χ1v) is 6.98. The number of thiophene rings is 1. The molecule has 0 fully saturated rings.